The lowest BCUT2D eigenvalue weighted by Crippen LogP contribution is -2.24. The largest absolute Gasteiger partial charge is 0.321 e. The molecule has 1 unspecified atom stereocenters. The fourth-order valence-corrected chi connectivity index (χ4v) is 1.08. The SMILES string of the molecule is CC(C#N)c1cccn(C(F)F)c1=O. The number of pyridine rings is 1. The summed E-state index contributed by atoms with van der Waals surface area (Å²) in [5.74, 6) is -0.673. The quantitative estimate of drug-likeness (QED) is 0.728. The van der Waals surface area contributed by atoms with E-state index in [0.29, 0.717) is 4.57 Å². The van der Waals surface area contributed by atoms with Crippen molar-refractivity contribution in [2.75, 3.05) is 0 Å². The summed E-state index contributed by atoms with van der Waals surface area (Å²) in [5.41, 5.74) is -0.716. The third kappa shape index (κ3) is 1.79. The third-order valence-corrected chi connectivity index (χ3v) is 1.87. The molecule has 0 aliphatic heterocycles. The summed E-state index contributed by atoms with van der Waals surface area (Å²) >= 11 is 0. The Kier molecular flexibility index (Phi) is 2.97. The van der Waals surface area contributed by atoms with Crippen LogP contribution in [0.1, 0.15) is 25.0 Å². The molecule has 0 aliphatic carbocycles. The highest BCUT2D eigenvalue weighted by Gasteiger charge is 2.14. The maximum Gasteiger partial charge on any atom is 0.321 e. The first kappa shape index (κ1) is 10.4. The smallest absolute Gasteiger partial charge is 0.269 e. The van der Waals surface area contributed by atoms with Gasteiger partial charge in [0, 0.05) is 11.8 Å². The molecule has 1 rings (SSSR count). The Morgan fingerprint density at radius 1 is 1.57 bits per heavy atom. The number of alkyl halides is 2. The standard InChI is InChI=1S/C9H8F2N2O/c1-6(5-12)7-3-2-4-13(8(7)14)9(10)11/h2-4,6,9H,1H3. The van der Waals surface area contributed by atoms with Crippen molar-refractivity contribution in [3.8, 4) is 6.07 Å². The summed E-state index contributed by atoms with van der Waals surface area (Å²) in [6.45, 7) is -1.37. The van der Waals surface area contributed by atoms with E-state index in [-0.39, 0.29) is 5.56 Å². The van der Waals surface area contributed by atoms with Gasteiger partial charge >= 0.3 is 6.55 Å². The van der Waals surface area contributed by atoms with E-state index in [1.165, 1.54) is 19.1 Å². The van der Waals surface area contributed by atoms with Crippen LogP contribution in [0.3, 0.4) is 0 Å². The minimum Gasteiger partial charge on any atom is -0.269 e. The van der Waals surface area contributed by atoms with Crippen LogP contribution in [0.2, 0.25) is 0 Å². The van der Waals surface area contributed by atoms with Gasteiger partial charge in [-0.2, -0.15) is 14.0 Å². The highest BCUT2D eigenvalue weighted by Crippen LogP contribution is 2.11. The van der Waals surface area contributed by atoms with Crippen LogP contribution < -0.4 is 5.56 Å². The van der Waals surface area contributed by atoms with E-state index in [9.17, 15) is 13.6 Å². The second kappa shape index (κ2) is 4.01. The average molecular weight is 198 g/mol. The fraction of sp³-hybridized carbons (Fsp3) is 0.333. The minimum absolute atomic E-state index is 0.0929. The van der Waals surface area contributed by atoms with E-state index in [2.05, 4.69) is 0 Å². The van der Waals surface area contributed by atoms with Gasteiger partial charge in [-0.1, -0.05) is 6.07 Å². The molecular formula is C9H8F2N2O. The number of aromatic nitrogens is 1. The Labute approximate surface area is 79.2 Å². The fourth-order valence-electron chi connectivity index (χ4n) is 1.08. The lowest BCUT2D eigenvalue weighted by molar-refractivity contribution is 0.0660. The molecule has 0 N–H and O–H groups in total. The van der Waals surface area contributed by atoms with Crippen LogP contribution in [0.25, 0.3) is 0 Å². The van der Waals surface area contributed by atoms with Crippen LogP contribution in [0.5, 0.6) is 0 Å². The molecule has 1 aromatic heterocycles. The van der Waals surface area contributed by atoms with Crippen LogP contribution in [-0.4, -0.2) is 4.57 Å². The summed E-state index contributed by atoms with van der Waals surface area (Å²) in [6.07, 6.45) is 1.00. The maximum atomic E-state index is 12.3. The molecule has 0 saturated heterocycles. The van der Waals surface area contributed by atoms with Crippen LogP contribution in [0.4, 0.5) is 8.78 Å². The van der Waals surface area contributed by atoms with Gasteiger partial charge in [0.2, 0.25) is 0 Å². The van der Waals surface area contributed by atoms with Gasteiger partial charge in [-0.05, 0) is 13.0 Å². The molecule has 0 saturated carbocycles. The van der Waals surface area contributed by atoms with Crippen molar-refractivity contribution in [3.63, 3.8) is 0 Å². The summed E-state index contributed by atoms with van der Waals surface area (Å²) in [6, 6.07) is 4.54. The second-order valence-corrected chi connectivity index (χ2v) is 2.80. The van der Waals surface area contributed by atoms with Crippen LogP contribution in [-0.2, 0) is 0 Å². The Hall–Kier alpha value is -1.70. The third-order valence-electron chi connectivity index (χ3n) is 1.87. The van der Waals surface area contributed by atoms with Crippen LogP contribution in [0.15, 0.2) is 23.1 Å². The van der Waals surface area contributed by atoms with Crippen molar-refractivity contribution in [2.45, 2.75) is 19.4 Å². The van der Waals surface area contributed by atoms with Gasteiger partial charge in [0.15, 0.2) is 0 Å². The number of nitrogens with zero attached hydrogens (tertiary/aromatic N) is 2. The van der Waals surface area contributed by atoms with Gasteiger partial charge in [-0.3, -0.25) is 9.36 Å². The molecule has 1 aromatic rings. The zero-order chi connectivity index (χ0) is 10.7. The van der Waals surface area contributed by atoms with Gasteiger partial charge in [0.1, 0.15) is 0 Å². The van der Waals surface area contributed by atoms with E-state index < -0.39 is 18.0 Å². The predicted octanol–water partition coefficient (Wildman–Crippen LogP) is 1.87. The second-order valence-electron chi connectivity index (χ2n) is 2.80. The number of hydrogen-bond donors (Lipinski definition) is 0. The molecule has 5 heteroatoms. The molecule has 0 radical (unpaired) electrons. The molecule has 14 heavy (non-hydrogen) atoms. The van der Waals surface area contributed by atoms with E-state index in [1.54, 1.807) is 0 Å². The molecule has 3 nitrogen and oxygen atoms in total. The highest BCUT2D eigenvalue weighted by atomic mass is 19.3. The minimum atomic E-state index is -2.87. The lowest BCUT2D eigenvalue weighted by Gasteiger charge is -2.07. The van der Waals surface area contributed by atoms with Gasteiger partial charge in [0.05, 0.1) is 12.0 Å². The molecule has 0 aromatic carbocycles. The number of nitriles is 1. The van der Waals surface area contributed by atoms with Crippen molar-refractivity contribution in [3.05, 3.63) is 34.2 Å². The molecule has 0 bridgehead atoms. The Morgan fingerprint density at radius 3 is 2.71 bits per heavy atom. The van der Waals surface area contributed by atoms with Gasteiger partial charge in [-0.25, -0.2) is 0 Å². The molecule has 1 heterocycles. The molecule has 0 amide bonds. The Bertz CT molecular complexity index is 420. The maximum absolute atomic E-state index is 12.3. The molecule has 1 atom stereocenters. The first-order chi connectivity index (χ1) is 6.57. The van der Waals surface area contributed by atoms with Crippen molar-refractivity contribution in [1.82, 2.24) is 4.57 Å². The highest BCUT2D eigenvalue weighted by molar-refractivity contribution is 5.20. The monoisotopic (exact) mass is 198 g/mol. The summed E-state index contributed by atoms with van der Waals surface area (Å²) < 4.78 is 24.8. The molecule has 0 aliphatic rings. The summed E-state index contributed by atoms with van der Waals surface area (Å²) in [7, 11) is 0. The van der Waals surface area contributed by atoms with Crippen molar-refractivity contribution in [1.29, 1.82) is 5.26 Å². The predicted molar refractivity (Wildman–Crippen MR) is 46.0 cm³/mol. The van der Waals surface area contributed by atoms with Crippen molar-refractivity contribution < 1.29 is 8.78 Å². The molecule has 0 spiro atoms. The normalized spacial score (nSPS) is 12.5. The topological polar surface area (TPSA) is 45.8 Å². The average Bonchev–Trinajstić information content (AvgIpc) is 2.16. The van der Waals surface area contributed by atoms with E-state index in [1.807, 2.05) is 6.07 Å². The molecule has 74 valence electrons. The van der Waals surface area contributed by atoms with Crippen LogP contribution >= 0.6 is 0 Å². The van der Waals surface area contributed by atoms with Crippen LogP contribution in [0, 0.1) is 11.3 Å². The first-order valence-corrected chi connectivity index (χ1v) is 3.96. The Balaban J connectivity index is 3.30. The molecule has 0 fully saturated rings. The zero-order valence-electron chi connectivity index (χ0n) is 7.45. The van der Waals surface area contributed by atoms with Gasteiger partial charge in [-0.15, -0.1) is 0 Å². The van der Waals surface area contributed by atoms with E-state index in [0.717, 1.165) is 6.20 Å². The Morgan fingerprint density at radius 2 is 2.21 bits per heavy atom. The van der Waals surface area contributed by atoms with Gasteiger partial charge in [0.25, 0.3) is 5.56 Å². The first-order valence-electron chi connectivity index (χ1n) is 3.96. The van der Waals surface area contributed by atoms with E-state index >= 15 is 0 Å². The number of halogens is 2. The number of rotatable bonds is 2. The molecular weight excluding hydrogens is 190 g/mol. The summed E-state index contributed by atoms with van der Waals surface area (Å²) in [5, 5.41) is 8.56. The van der Waals surface area contributed by atoms with Crippen molar-refractivity contribution >= 4 is 0 Å². The van der Waals surface area contributed by atoms with Gasteiger partial charge < -0.3 is 0 Å². The number of hydrogen-bond acceptors (Lipinski definition) is 2. The van der Waals surface area contributed by atoms with Crippen molar-refractivity contribution in [2.24, 2.45) is 0 Å². The lowest BCUT2D eigenvalue weighted by atomic mass is 10.1. The zero-order valence-corrected chi connectivity index (χ0v) is 7.45. The van der Waals surface area contributed by atoms with E-state index in [4.69, 9.17) is 5.26 Å². The summed E-state index contributed by atoms with van der Waals surface area (Å²) in [4.78, 5) is 11.3.